The Balaban J connectivity index is 3.41. The molecule has 0 unspecified atom stereocenters. The molecule has 0 aliphatic carbocycles. The van der Waals surface area contributed by atoms with E-state index in [-0.39, 0.29) is 10.7 Å². The normalized spacial score (nSPS) is 23.3. The SMILES string of the molecule is CN(C)C1(N(C)C)CCCSC1(N(C)C)N(C)C. The maximum absolute atomic E-state index is 2.39. The molecule has 1 rings (SSSR count). The lowest BCUT2D eigenvalue weighted by molar-refractivity contribution is -0.138. The highest BCUT2D eigenvalue weighted by Gasteiger charge is 2.59. The van der Waals surface area contributed by atoms with E-state index in [1.165, 1.54) is 18.6 Å². The molecule has 0 atom stereocenters. The molecule has 4 nitrogen and oxygen atoms in total. The number of hydrogen-bond donors (Lipinski definition) is 0. The van der Waals surface area contributed by atoms with Gasteiger partial charge in [-0.3, -0.25) is 19.6 Å². The van der Waals surface area contributed by atoms with Crippen LogP contribution < -0.4 is 0 Å². The fourth-order valence-electron chi connectivity index (χ4n) is 3.62. The minimum absolute atomic E-state index is 0.0168. The van der Waals surface area contributed by atoms with Crippen molar-refractivity contribution in [3.8, 4) is 0 Å². The van der Waals surface area contributed by atoms with E-state index in [0.29, 0.717) is 0 Å². The quantitative estimate of drug-likeness (QED) is 0.710. The van der Waals surface area contributed by atoms with Crippen LogP contribution in [0.4, 0.5) is 0 Å². The first-order valence-electron chi connectivity index (χ1n) is 6.57. The van der Waals surface area contributed by atoms with Crippen molar-refractivity contribution in [3.63, 3.8) is 0 Å². The minimum atomic E-state index is -0.0295. The molecule has 0 spiro atoms. The summed E-state index contributed by atoms with van der Waals surface area (Å²) in [6, 6.07) is 0. The molecular weight excluding hydrogens is 244 g/mol. The topological polar surface area (TPSA) is 13.0 Å². The van der Waals surface area contributed by atoms with Crippen molar-refractivity contribution in [1.82, 2.24) is 19.6 Å². The van der Waals surface area contributed by atoms with Gasteiger partial charge in [-0.1, -0.05) is 0 Å². The highest BCUT2D eigenvalue weighted by molar-refractivity contribution is 8.00. The summed E-state index contributed by atoms with van der Waals surface area (Å²) in [5.41, 5.74) is 0.0168. The first-order valence-corrected chi connectivity index (χ1v) is 7.55. The Kier molecular flexibility index (Phi) is 5.12. The first kappa shape index (κ1) is 16.2. The van der Waals surface area contributed by atoms with E-state index >= 15 is 0 Å². The van der Waals surface area contributed by atoms with Gasteiger partial charge < -0.3 is 0 Å². The second kappa shape index (κ2) is 5.67. The van der Waals surface area contributed by atoms with Gasteiger partial charge in [-0.2, -0.15) is 0 Å². The lowest BCUT2D eigenvalue weighted by Gasteiger charge is -2.63. The number of nitrogens with zero attached hydrogens (tertiary/aromatic N) is 4. The molecule has 0 N–H and O–H groups in total. The van der Waals surface area contributed by atoms with Gasteiger partial charge in [0.2, 0.25) is 0 Å². The summed E-state index contributed by atoms with van der Waals surface area (Å²) in [6.45, 7) is 0. The summed E-state index contributed by atoms with van der Waals surface area (Å²) < 4.78 is 0. The van der Waals surface area contributed by atoms with Crippen LogP contribution in [0.1, 0.15) is 12.8 Å². The zero-order chi connectivity index (χ0) is 14.1. The molecule has 18 heavy (non-hydrogen) atoms. The van der Waals surface area contributed by atoms with Crippen LogP contribution >= 0.6 is 11.8 Å². The van der Waals surface area contributed by atoms with Crippen molar-refractivity contribution in [2.75, 3.05) is 62.1 Å². The predicted molar refractivity (Wildman–Crippen MR) is 81.9 cm³/mol. The van der Waals surface area contributed by atoms with Gasteiger partial charge in [0.25, 0.3) is 0 Å². The van der Waals surface area contributed by atoms with E-state index in [1.54, 1.807) is 0 Å². The third-order valence-electron chi connectivity index (χ3n) is 4.19. The Morgan fingerprint density at radius 2 is 1.17 bits per heavy atom. The monoisotopic (exact) mass is 274 g/mol. The zero-order valence-corrected chi connectivity index (χ0v) is 14.1. The first-order chi connectivity index (χ1) is 8.23. The molecule has 1 aliphatic rings. The lowest BCUT2D eigenvalue weighted by Crippen LogP contribution is -2.78. The number of likely N-dealkylation sites (N-methyl/N-ethyl adjacent to an activating group) is 4. The molecule has 1 saturated heterocycles. The van der Waals surface area contributed by atoms with Gasteiger partial charge in [-0.15, -0.1) is 11.8 Å². The Labute approximate surface area is 117 Å². The van der Waals surface area contributed by atoms with Gasteiger partial charge in [0, 0.05) is 0 Å². The second-order valence-corrected chi connectivity index (χ2v) is 7.22. The molecule has 0 aromatic heterocycles. The Morgan fingerprint density at radius 1 is 0.722 bits per heavy atom. The maximum atomic E-state index is 2.39. The van der Waals surface area contributed by atoms with Gasteiger partial charge in [0.15, 0.2) is 4.99 Å². The van der Waals surface area contributed by atoms with E-state index in [4.69, 9.17) is 0 Å². The molecule has 5 heteroatoms. The standard InChI is InChI=1S/C13H30N4S/c1-14(2)12(15(3)4)10-9-11-18-13(12,16(5)6)17(7)8/h9-11H2,1-8H3. The summed E-state index contributed by atoms with van der Waals surface area (Å²) in [7, 11) is 17.6. The van der Waals surface area contributed by atoms with Gasteiger partial charge in [0.1, 0.15) is 5.66 Å². The third-order valence-corrected chi connectivity index (χ3v) is 6.14. The lowest BCUT2D eigenvalue weighted by atomic mass is 9.94. The van der Waals surface area contributed by atoms with Crippen LogP contribution in [0.2, 0.25) is 0 Å². The summed E-state index contributed by atoms with van der Waals surface area (Å²) in [5.74, 6) is 1.22. The average Bonchev–Trinajstić information content (AvgIpc) is 2.27. The van der Waals surface area contributed by atoms with Crippen molar-refractivity contribution in [2.24, 2.45) is 0 Å². The van der Waals surface area contributed by atoms with E-state index in [1.807, 2.05) is 0 Å². The van der Waals surface area contributed by atoms with Crippen LogP contribution in [0, 0.1) is 0 Å². The molecule has 1 aliphatic heterocycles. The Hall–Kier alpha value is 0.190. The highest BCUT2D eigenvalue weighted by atomic mass is 32.2. The third kappa shape index (κ3) is 2.10. The molecule has 1 fully saturated rings. The highest BCUT2D eigenvalue weighted by Crippen LogP contribution is 2.49. The van der Waals surface area contributed by atoms with Crippen molar-refractivity contribution < 1.29 is 0 Å². The van der Waals surface area contributed by atoms with Crippen molar-refractivity contribution in [2.45, 2.75) is 23.5 Å². The van der Waals surface area contributed by atoms with Gasteiger partial charge in [-0.05, 0) is 75.0 Å². The summed E-state index contributed by atoms with van der Waals surface area (Å²) in [6.07, 6.45) is 2.46. The molecule has 0 saturated carbocycles. The largest absolute Gasteiger partial charge is 0.288 e. The van der Waals surface area contributed by atoms with Crippen LogP contribution in [-0.4, -0.2) is 92.4 Å². The van der Waals surface area contributed by atoms with Gasteiger partial charge >= 0.3 is 0 Å². The molecule has 0 amide bonds. The maximum Gasteiger partial charge on any atom is 0.154 e. The molecule has 108 valence electrons. The smallest absolute Gasteiger partial charge is 0.154 e. The van der Waals surface area contributed by atoms with Gasteiger partial charge in [-0.25, -0.2) is 0 Å². The van der Waals surface area contributed by atoms with Crippen molar-refractivity contribution >= 4 is 11.8 Å². The van der Waals surface area contributed by atoms with E-state index < -0.39 is 0 Å². The average molecular weight is 274 g/mol. The molecule has 1 heterocycles. The second-order valence-electron chi connectivity index (χ2n) is 5.95. The summed E-state index contributed by atoms with van der Waals surface area (Å²) in [5, 5.41) is 0. The minimum Gasteiger partial charge on any atom is -0.288 e. The fraction of sp³-hybridized carbons (Fsp3) is 1.00. The molecular formula is C13H30N4S. The molecule has 0 aromatic carbocycles. The van der Waals surface area contributed by atoms with Crippen LogP contribution in [0.5, 0.6) is 0 Å². The van der Waals surface area contributed by atoms with E-state index in [9.17, 15) is 0 Å². The molecule has 0 radical (unpaired) electrons. The van der Waals surface area contributed by atoms with Crippen LogP contribution in [0.15, 0.2) is 0 Å². The molecule has 0 bridgehead atoms. The van der Waals surface area contributed by atoms with Crippen LogP contribution in [-0.2, 0) is 0 Å². The predicted octanol–water partition coefficient (Wildman–Crippen LogP) is 1.11. The Morgan fingerprint density at radius 3 is 1.44 bits per heavy atom. The van der Waals surface area contributed by atoms with E-state index in [0.717, 1.165) is 0 Å². The Bertz CT molecular complexity index is 232. The van der Waals surface area contributed by atoms with E-state index in [2.05, 4.69) is 87.7 Å². The number of thioether (sulfide) groups is 1. The summed E-state index contributed by atoms with van der Waals surface area (Å²) >= 11 is 2.06. The zero-order valence-electron chi connectivity index (χ0n) is 13.3. The number of rotatable bonds is 4. The van der Waals surface area contributed by atoms with Crippen molar-refractivity contribution in [1.29, 1.82) is 0 Å². The number of hydrogen-bond acceptors (Lipinski definition) is 5. The summed E-state index contributed by atoms with van der Waals surface area (Å²) in [4.78, 5) is 9.49. The van der Waals surface area contributed by atoms with Crippen molar-refractivity contribution in [3.05, 3.63) is 0 Å². The van der Waals surface area contributed by atoms with Crippen LogP contribution in [0.3, 0.4) is 0 Å². The fourth-order valence-corrected chi connectivity index (χ4v) is 5.40. The molecule has 0 aromatic rings. The van der Waals surface area contributed by atoms with Crippen LogP contribution in [0.25, 0.3) is 0 Å². The van der Waals surface area contributed by atoms with Gasteiger partial charge in [0.05, 0.1) is 0 Å².